The van der Waals surface area contributed by atoms with Gasteiger partial charge in [-0.2, -0.15) is 5.10 Å². The molecule has 2 aromatic heterocycles. The fourth-order valence-electron chi connectivity index (χ4n) is 1.77. The van der Waals surface area contributed by atoms with Crippen LogP contribution < -0.4 is 10.6 Å². The molecule has 2 heterocycles. The zero-order chi connectivity index (χ0) is 14.2. The predicted octanol–water partition coefficient (Wildman–Crippen LogP) is 0.909. The summed E-state index contributed by atoms with van der Waals surface area (Å²) in [6.45, 7) is 3.86. The lowest BCUT2D eigenvalue weighted by Gasteiger charge is -2.06. The van der Waals surface area contributed by atoms with Gasteiger partial charge in [-0.3, -0.25) is 14.9 Å². The molecule has 0 atom stereocenters. The summed E-state index contributed by atoms with van der Waals surface area (Å²) in [7, 11) is 0. The number of aryl methyl sites for hydroxylation is 1. The van der Waals surface area contributed by atoms with Crippen LogP contribution in [0.15, 0.2) is 30.7 Å². The summed E-state index contributed by atoms with van der Waals surface area (Å²) >= 11 is 0. The maximum atomic E-state index is 11.7. The van der Waals surface area contributed by atoms with E-state index in [0.29, 0.717) is 19.5 Å². The molecule has 6 nitrogen and oxygen atoms in total. The van der Waals surface area contributed by atoms with E-state index in [0.717, 1.165) is 23.4 Å². The third-order valence-corrected chi connectivity index (χ3v) is 2.99. The van der Waals surface area contributed by atoms with Gasteiger partial charge in [-0.15, -0.1) is 0 Å². The molecule has 2 rings (SSSR count). The molecule has 0 radical (unpaired) electrons. The van der Waals surface area contributed by atoms with Crippen molar-refractivity contribution in [1.82, 2.24) is 25.8 Å². The molecule has 20 heavy (non-hydrogen) atoms. The van der Waals surface area contributed by atoms with Gasteiger partial charge >= 0.3 is 0 Å². The predicted molar refractivity (Wildman–Crippen MR) is 75.7 cm³/mol. The molecule has 0 saturated carbocycles. The summed E-state index contributed by atoms with van der Waals surface area (Å²) in [5.74, 6) is 0.0327. The first kappa shape index (κ1) is 14.2. The van der Waals surface area contributed by atoms with Crippen molar-refractivity contribution in [2.75, 3.05) is 6.54 Å². The van der Waals surface area contributed by atoms with Crippen molar-refractivity contribution in [3.63, 3.8) is 0 Å². The van der Waals surface area contributed by atoms with E-state index in [2.05, 4.69) is 25.8 Å². The lowest BCUT2D eigenvalue weighted by Crippen LogP contribution is -2.27. The van der Waals surface area contributed by atoms with Crippen LogP contribution in [0.25, 0.3) is 0 Å². The number of carbonyl (C=O) groups excluding carboxylic acids is 1. The van der Waals surface area contributed by atoms with Crippen LogP contribution in [0.1, 0.15) is 23.2 Å². The quantitative estimate of drug-likeness (QED) is 0.655. The van der Waals surface area contributed by atoms with Gasteiger partial charge in [-0.05, 0) is 18.6 Å². The zero-order valence-electron chi connectivity index (χ0n) is 11.5. The van der Waals surface area contributed by atoms with Gasteiger partial charge in [0.1, 0.15) is 0 Å². The maximum absolute atomic E-state index is 11.7. The Morgan fingerprint density at radius 3 is 2.95 bits per heavy atom. The summed E-state index contributed by atoms with van der Waals surface area (Å²) in [5, 5.41) is 12.9. The first-order chi connectivity index (χ1) is 9.75. The lowest BCUT2D eigenvalue weighted by molar-refractivity contribution is -0.121. The molecule has 3 N–H and O–H groups in total. The number of H-pyrrole nitrogens is 1. The highest BCUT2D eigenvalue weighted by molar-refractivity contribution is 5.76. The van der Waals surface area contributed by atoms with E-state index >= 15 is 0 Å². The van der Waals surface area contributed by atoms with Crippen LogP contribution in [0.3, 0.4) is 0 Å². The molecule has 0 aromatic carbocycles. The van der Waals surface area contributed by atoms with E-state index in [1.54, 1.807) is 18.6 Å². The van der Waals surface area contributed by atoms with Crippen molar-refractivity contribution in [3.05, 3.63) is 47.5 Å². The van der Waals surface area contributed by atoms with E-state index < -0.39 is 0 Å². The molecule has 0 bridgehead atoms. The van der Waals surface area contributed by atoms with Crippen LogP contribution >= 0.6 is 0 Å². The monoisotopic (exact) mass is 273 g/mol. The van der Waals surface area contributed by atoms with Gasteiger partial charge in [-0.25, -0.2) is 0 Å². The van der Waals surface area contributed by atoms with Gasteiger partial charge in [0.05, 0.1) is 6.20 Å². The lowest BCUT2D eigenvalue weighted by atomic mass is 10.2. The molecule has 0 aliphatic heterocycles. The number of aromatic nitrogens is 3. The number of hydrogen-bond donors (Lipinski definition) is 3. The summed E-state index contributed by atoms with van der Waals surface area (Å²) in [6, 6.07) is 3.80. The second-order valence-electron chi connectivity index (χ2n) is 4.59. The van der Waals surface area contributed by atoms with Gasteiger partial charge in [-0.1, -0.05) is 6.07 Å². The van der Waals surface area contributed by atoms with Gasteiger partial charge in [0, 0.05) is 49.7 Å². The van der Waals surface area contributed by atoms with Crippen molar-refractivity contribution in [1.29, 1.82) is 0 Å². The Kier molecular flexibility index (Phi) is 5.25. The molecule has 1 amide bonds. The standard InChI is InChI=1S/C14H19N5O/c1-11-13(10-18-19-11)9-16-6-4-14(20)17-8-12-3-2-5-15-7-12/h2-3,5,7,10,16H,4,6,8-9H2,1H3,(H,17,20)(H,18,19). The van der Waals surface area contributed by atoms with E-state index in [1.807, 2.05) is 19.1 Å². The molecule has 0 spiro atoms. The molecule has 106 valence electrons. The molecule has 0 saturated heterocycles. The highest BCUT2D eigenvalue weighted by Gasteiger charge is 2.02. The minimum Gasteiger partial charge on any atom is -0.352 e. The number of rotatable bonds is 7. The molecule has 0 aliphatic rings. The molecule has 2 aromatic rings. The van der Waals surface area contributed by atoms with Crippen LogP contribution in [-0.2, 0) is 17.9 Å². The molecular weight excluding hydrogens is 254 g/mol. The van der Waals surface area contributed by atoms with Crippen LogP contribution in [0.5, 0.6) is 0 Å². The SMILES string of the molecule is Cc1[nH]ncc1CNCCC(=O)NCc1cccnc1. The van der Waals surface area contributed by atoms with Crippen molar-refractivity contribution in [2.45, 2.75) is 26.4 Å². The number of nitrogens with zero attached hydrogens (tertiary/aromatic N) is 2. The van der Waals surface area contributed by atoms with Crippen LogP contribution in [0.2, 0.25) is 0 Å². The van der Waals surface area contributed by atoms with E-state index in [4.69, 9.17) is 0 Å². The average molecular weight is 273 g/mol. The van der Waals surface area contributed by atoms with Crippen molar-refractivity contribution >= 4 is 5.91 Å². The highest BCUT2D eigenvalue weighted by Crippen LogP contribution is 2.01. The topological polar surface area (TPSA) is 82.7 Å². The van der Waals surface area contributed by atoms with Gasteiger partial charge in [0.25, 0.3) is 0 Å². The van der Waals surface area contributed by atoms with Gasteiger partial charge < -0.3 is 10.6 Å². The van der Waals surface area contributed by atoms with Gasteiger partial charge in [0.15, 0.2) is 0 Å². The molecule has 0 aliphatic carbocycles. The molecule has 0 unspecified atom stereocenters. The number of hydrogen-bond acceptors (Lipinski definition) is 4. The van der Waals surface area contributed by atoms with Crippen LogP contribution in [0, 0.1) is 6.92 Å². The first-order valence-corrected chi connectivity index (χ1v) is 6.61. The minimum atomic E-state index is 0.0327. The Bertz CT molecular complexity index is 538. The van der Waals surface area contributed by atoms with E-state index in [1.165, 1.54) is 0 Å². The number of nitrogens with one attached hydrogen (secondary N) is 3. The van der Waals surface area contributed by atoms with Crippen molar-refractivity contribution in [3.8, 4) is 0 Å². The Morgan fingerprint density at radius 2 is 2.25 bits per heavy atom. The Hall–Kier alpha value is -2.21. The van der Waals surface area contributed by atoms with Crippen molar-refractivity contribution < 1.29 is 4.79 Å². The number of amides is 1. The normalized spacial score (nSPS) is 10.4. The molecular formula is C14H19N5O. The summed E-state index contributed by atoms with van der Waals surface area (Å²) in [4.78, 5) is 15.7. The Balaban J connectivity index is 1.60. The number of pyridine rings is 1. The largest absolute Gasteiger partial charge is 0.352 e. The maximum Gasteiger partial charge on any atom is 0.221 e. The van der Waals surface area contributed by atoms with Crippen molar-refractivity contribution in [2.24, 2.45) is 0 Å². The van der Waals surface area contributed by atoms with E-state index in [-0.39, 0.29) is 5.91 Å². The third-order valence-electron chi connectivity index (χ3n) is 2.99. The van der Waals surface area contributed by atoms with Crippen LogP contribution in [0.4, 0.5) is 0 Å². The van der Waals surface area contributed by atoms with Crippen LogP contribution in [-0.4, -0.2) is 27.6 Å². The summed E-state index contributed by atoms with van der Waals surface area (Å²) in [6.07, 6.45) is 5.72. The smallest absolute Gasteiger partial charge is 0.221 e. The third kappa shape index (κ3) is 4.47. The van der Waals surface area contributed by atoms with Gasteiger partial charge in [0.2, 0.25) is 5.91 Å². The number of aromatic amines is 1. The first-order valence-electron chi connectivity index (χ1n) is 6.61. The summed E-state index contributed by atoms with van der Waals surface area (Å²) in [5.41, 5.74) is 3.18. The Labute approximate surface area is 118 Å². The Morgan fingerprint density at radius 1 is 1.35 bits per heavy atom. The van der Waals surface area contributed by atoms with E-state index in [9.17, 15) is 4.79 Å². The fourth-order valence-corrected chi connectivity index (χ4v) is 1.77. The number of carbonyl (C=O) groups is 1. The molecule has 0 fully saturated rings. The second kappa shape index (κ2) is 7.40. The fraction of sp³-hybridized carbons (Fsp3) is 0.357. The zero-order valence-corrected chi connectivity index (χ0v) is 11.5. The molecule has 6 heteroatoms. The highest BCUT2D eigenvalue weighted by atomic mass is 16.1. The summed E-state index contributed by atoms with van der Waals surface area (Å²) < 4.78 is 0. The average Bonchev–Trinajstić information content (AvgIpc) is 2.88. The minimum absolute atomic E-state index is 0.0327. The second-order valence-corrected chi connectivity index (χ2v) is 4.59.